The molecule has 2 amide bonds. The van der Waals surface area contributed by atoms with Crippen LogP contribution in [0.5, 0.6) is 0 Å². The Morgan fingerprint density at radius 2 is 1.60 bits per heavy atom. The van der Waals surface area contributed by atoms with E-state index in [1.54, 1.807) is 6.92 Å². The van der Waals surface area contributed by atoms with Gasteiger partial charge in [-0.05, 0) is 41.2 Å². The van der Waals surface area contributed by atoms with Gasteiger partial charge in [0.05, 0.1) is 18.1 Å². The molecular weight excluding hydrogens is 552 g/mol. The summed E-state index contributed by atoms with van der Waals surface area (Å²) in [6, 6.07) is 23.5. The van der Waals surface area contributed by atoms with E-state index >= 15 is 0 Å². The van der Waals surface area contributed by atoms with Crippen molar-refractivity contribution in [1.29, 1.82) is 0 Å². The Morgan fingerprint density at radius 3 is 2.21 bits per heavy atom. The van der Waals surface area contributed by atoms with Crippen LogP contribution in [0.1, 0.15) is 49.3 Å². The summed E-state index contributed by atoms with van der Waals surface area (Å²) in [5.74, 6) is -1.39. The van der Waals surface area contributed by atoms with Crippen LogP contribution in [0.2, 0.25) is 0 Å². The van der Waals surface area contributed by atoms with E-state index in [1.165, 1.54) is 16.7 Å². The number of hydrogen-bond donors (Lipinski definition) is 2. The van der Waals surface area contributed by atoms with Crippen molar-refractivity contribution in [3.05, 3.63) is 95.6 Å². The highest BCUT2D eigenvalue weighted by Gasteiger charge is 2.45. The predicted octanol–water partition coefficient (Wildman–Crippen LogP) is 5.65. The second-order valence-corrected chi connectivity index (χ2v) is 11.8. The van der Waals surface area contributed by atoms with Gasteiger partial charge < -0.3 is 24.8 Å². The van der Waals surface area contributed by atoms with E-state index in [9.17, 15) is 19.5 Å². The second kappa shape index (κ2) is 13.4. The molecule has 0 saturated carbocycles. The maximum Gasteiger partial charge on any atom is 0.407 e. The van der Waals surface area contributed by atoms with Crippen LogP contribution in [0.25, 0.3) is 11.1 Å². The first-order chi connectivity index (χ1) is 20.4. The van der Waals surface area contributed by atoms with Crippen LogP contribution in [0.4, 0.5) is 4.79 Å². The third-order valence-electron chi connectivity index (χ3n) is 7.88. The minimum absolute atomic E-state index is 0.0931. The molecule has 0 radical (unpaired) electrons. The highest BCUT2D eigenvalue weighted by molar-refractivity contribution is 8.00. The molecule has 1 aliphatic heterocycles. The molecule has 1 fully saturated rings. The van der Waals surface area contributed by atoms with E-state index in [4.69, 9.17) is 9.47 Å². The molecule has 4 atom stereocenters. The van der Waals surface area contributed by atoms with Crippen molar-refractivity contribution in [2.75, 3.05) is 12.4 Å². The van der Waals surface area contributed by atoms with E-state index in [2.05, 4.69) is 17.4 Å². The summed E-state index contributed by atoms with van der Waals surface area (Å²) in [4.78, 5) is 40.8. The molecule has 9 heteroatoms. The lowest BCUT2D eigenvalue weighted by atomic mass is 9.98. The highest BCUT2D eigenvalue weighted by Crippen LogP contribution is 2.44. The Kier molecular flexibility index (Phi) is 9.49. The number of fused-ring (bicyclic) bond motifs is 3. The summed E-state index contributed by atoms with van der Waals surface area (Å²) in [5, 5.41) is 12.3. The fourth-order valence-corrected chi connectivity index (χ4v) is 7.25. The monoisotopic (exact) mass is 588 g/mol. The van der Waals surface area contributed by atoms with Crippen LogP contribution in [0.3, 0.4) is 0 Å². The minimum atomic E-state index is -1.13. The Labute approximate surface area is 250 Å². The van der Waals surface area contributed by atoms with E-state index in [-0.39, 0.29) is 24.5 Å². The molecule has 1 heterocycles. The molecule has 220 valence electrons. The van der Waals surface area contributed by atoms with Crippen molar-refractivity contribution in [3.63, 3.8) is 0 Å². The second-order valence-electron chi connectivity index (χ2n) is 10.6. The minimum Gasteiger partial charge on any atom is -0.480 e. The maximum atomic E-state index is 14.0. The van der Waals surface area contributed by atoms with Crippen molar-refractivity contribution in [3.8, 4) is 11.1 Å². The number of ether oxygens (including phenoxy) is 2. The zero-order valence-electron chi connectivity index (χ0n) is 23.8. The molecule has 0 aromatic heterocycles. The largest absolute Gasteiger partial charge is 0.480 e. The first-order valence-electron chi connectivity index (χ1n) is 14.3. The van der Waals surface area contributed by atoms with Gasteiger partial charge in [-0.2, -0.15) is 0 Å². The molecule has 1 saturated heterocycles. The summed E-state index contributed by atoms with van der Waals surface area (Å²) in [6.45, 7) is 4.03. The number of carbonyl (C=O) groups is 3. The Bertz CT molecular complexity index is 1370. The van der Waals surface area contributed by atoms with Gasteiger partial charge in [-0.1, -0.05) is 92.2 Å². The zero-order chi connectivity index (χ0) is 29.6. The fraction of sp³-hybridized carbons (Fsp3) is 0.364. The molecule has 1 aliphatic carbocycles. The average molecular weight is 589 g/mol. The van der Waals surface area contributed by atoms with Crippen molar-refractivity contribution in [1.82, 2.24) is 10.2 Å². The normalized spacial score (nSPS) is 19.0. The van der Waals surface area contributed by atoms with Crippen molar-refractivity contribution in [2.24, 2.45) is 0 Å². The molecule has 8 nitrogen and oxygen atoms in total. The van der Waals surface area contributed by atoms with Crippen LogP contribution in [0, 0.1) is 0 Å². The number of thioether (sulfide) groups is 1. The summed E-state index contributed by atoms with van der Waals surface area (Å²) in [5.41, 5.74) is 5.32. The number of amides is 2. The van der Waals surface area contributed by atoms with Gasteiger partial charge in [0.15, 0.2) is 0 Å². The van der Waals surface area contributed by atoms with Crippen molar-refractivity contribution >= 4 is 29.7 Å². The Balaban J connectivity index is 1.33. The summed E-state index contributed by atoms with van der Waals surface area (Å²) < 4.78 is 11.8. The van der Waals surface area contributed by atoms with Gasteiger partial charge in [0.1, 0.15) is 18.7 Å². The number of nitrogens with one attached hydrogen (secondary N) is 1. The molecule has 0 bridgehead atoms. The number of rotatable bonds is 11. The Morgan fingerprint density at radius 1 is 0.976 bits per heavy atom. The van der Waals surface area contributed by atoms with Crippen LogP contribution in [0.15, 0.2) is 78.9 Å². The predicted molar refractivity (Wildman–Crippen MR) is 162 cm³/mol. The van der Waals surface area contributed by atoms with Gasteiger partial charge in [0.25, 0.3) is 0 Å². The smallest absolute Gasteiger partial charge is 0.407 e. The van der Waals surface area contributed by atoms with Gasteiger partial charge in [0, 0.05) is 11.7 Å². The number of nitrogens with zero attached hydrogens (tertiary/aromatic N) is 1. The number of benzene rings is 3. The van der Waals surface area contributed by atoms with Crippen LogP contribution in [-0.4, -0.2) is 63.9 Å². The lowest BCUT2D eigenvalue weighted by Crippen LogP contribution is -2.58. The molecule has 3 aromatic carbocycles. The van der Waals surface area contributed by atoms with Gasteiger partial charge >= 0.3 is 12.1 Å². The molecule has 2 N–H and O–H groups in total. The van der Waals surface area contributed by atoms with Gasteiger partial charge in [-0.3, -0.25) is 4.79 Å². The first-order valence-corrected chi connectivity index (χ1v) is 15.4. The Hall–Kier alpha value is -3.82. The van der Waals surface area contributed by atoms with Gasteiger partial charge in [-0.25, -0.2) is 9.59 Å². The number of alkyl carbamates (subject to hydrolysis) is 1. The number of hydrogen-bond acceptors (Lipinski definition) is 6. The fourth-order valence-electron chi connectivity index (χ4n) is 5.72. The molecule has 2 aliphatic rings. The summed E-state index contributed by atoms with van der Waals surface area (Å²) >= 11 is 1.45. The average Bonchev–Trinajstić information content (AvgIpc) is 3.57. The lowest BCUT2D eigenvalue weighted by molar-refractivity contribution is -0.151. The van der Waals surface area contributed by atoms with Crippen LogP contribution in [-0.2, 0) is 25.7 Å². The lowest BCUT2D eigenvalue weighted by Gasteiger charge is -2.33. The molecule has 5 rings (SSSR count). The van der Waals surface area contributed by atoms with Gasteiger partial charge in [0.2, 0.25) is 5.91 Å². The quantitative estimate of drug-likeness (QED) is 0.298. The van der Waals surface area contributed by atoms with E-state index in [1.807, 2.05) is 73.7 Å². The molecule has 2 unspecified atom stereocenters. The number of carboxylic acids is 1. The standard InChI is InChI=1S/C33H36N2O6S/c1-3-11-29-35(28(20-42-29)32(37)38)31(36)30(21(2)40-18-22-12-5-4-6-13-22)34-33(39)41-19-27-25-16-9-7-14-23(25)24-15-8-10-17-26(24)27/h4-10,12-17,21,27-30H,3,11,18-20H2,1-2H3,(H,34,39)(H,37,38)/t21-,28?,29?,30+/m0/s1. The van der Waals surface area contributed by atoms with E-state index in [0.717, 1.165) is 34.2 Å². The third-order valence-corrected chi connectivity index (χ3v) is 9.23. The van der Waals surface area contributed by atoms with Crippen LogP contribution < -0.4 is 5.32 Å². The van der Waals surface area contributed by atoms with Crippen molar-refractivity contribution < 1.29 is 29.0 Å². The zero-order valence-corrected chi connectivity index (χ0v) is 24.6. The number of carbonyl (C=O) groups excluding carboxylic acids is 2. The van der Waals surface area contributed by atoms with E-state index in [0.29, 0.717) is 12.2 Å². The molecule has 3 aromatic rings. The maximum absolute atomic E-state index is 14.0. The molecule has 0 spiro atoms. The highest BCUT2D eigenvalue weighted by atomic mass is 32.2. The molecule has 42 heavy (non-hydrogen) atoms. The first kappa shape index (κ1) is 29.7. The topological polar surface area (TPSA) is 105 Å². The van der Waals surface area contributed by atoms with Crippen molar-refractivity contribution in [2.45, 2.75) is 62.8 Å². The summed E-state index contributed by atoms with van der Waals surface area (Å²) in [6.07, 6.45) is -0.0632. The van der Waals surface area contributed by atoms with Gasteiger partial charge in [-0.15, -0.1) is 11.8 Å². The third kappa shape index (κ3) is 6.32. The SMILES string of the molecule is CCCC1SCC(C(=O)O)N1C(=O)[C@H](NC(=O)OCC1c2ccccc2-c2ccccc21)[C@H](C)OCc1ccccc1. The summed E-state index contributed by atoms with van der Waals surface area (Å²) in [7, 11) is 0. The number of aliphatic carboxylic acids is 1. The molecular formula is C33H36N2O6S. The van der Waals surface area contributed by atoms with Crippen LogP contribution >= 0.6 is 11.8 Å². The van der Waals surface area contributed by atoms with E-state index < -0.39 is 36.2 Å². The number of carboxylic acid groups (broad SMARTS) is 1.